The Kier molecular flexibility index (Phi) is 5.79. The van der Waals surface area contributed by atoms with Crippen molar-refractivity contribution < 1.29 is 22.7 Å². The highest BCUT2D eigenvalue weighted by Gasteiger charge is 2.30. The average Bonchev–Trinajstić information content (AvgIpc) is 2.91. The summed E-state index contributed by atoms with van der Waals surface area (Å²) in [5.74, 6) is -0.498. The Morgan fingerprint density at radius 2 is 2.07 bits per heavy atom. The Hall–Kier alpha value is -2.42. The molecule has 0 saturated carbocycles. The third-order valence-electron chi connectivity index (χ3n) is 4.73. The number of nitrogens with one attached hydrogen (secondary N) is 1. The fraction of sp³-hybridized carbons (Fsp3) is 0.500. The van der Waals surface area contributed by atoms with E-state index in [1.807, 2.05) is 6.92 Å². The number of nitrogens with zero attached hydrogens (tertiary/aromatic N) is 2. The molecule has 0 aliphatic carbocycles. The summed E-state index contributed by atoms with van der Waals surface area (Å²) in [7, 11) is -3.59. The number of hydrogen-bond acceptors (Lipinski definition) is 6. The van der Waals surface area contributed by atoms with Gasteiger partial charge >= 0.3 is 5.97 Å². The number of ether oxygens (including phenoxy) is 1. The minimum atomic E-state index is -3.59. The lowest BCUT2D eigenvalue weighted by Crippen LogP contribution is -2.44. The van der Waals surface area contributed by atoms with Gasteiger partial charge in [-0.2, -0.15) is 0 Å². The summed E-state index contributed by atoms with van der Waals surface area (Å²) in [6.07, 6.45) is 3.02. The zero-order valence-electron chi connectivity index (χ0n) is 15.2. The average molecular weight is 393 g/mol. The number of carbonyl (C=O) groups is 2. The van der Waals surface area contributed by atoms with Crippen LogP contribution in [-0.4, -0.2) is 56.8 Å². The van der Waals surface area contributed by atoms with Crippen LogP contribution in [-0.2, 0) is 24.3 Å². The molecule has 2 aliphatic rings. The van der Waals surface area contributed by atoms with E-state index >= 15 is 0 Å². The Balaban J connectivity index is 1.49. The van der Waals surface area contributed by atoms with Crippen molar-refractivity contribution in [2.24, 2.45) is 4.99 Å². The lowest BCUT2D eigenvalue weighted by Gasteiger charge is -2.33. The molecule has 1 aromatic rings. The van der Waals surface area contributed by atoms with Gasteiger partial charge in [0.05, 0.1) is 17.9 Å². The summed E-state index contributed by atoms with van der Waals surface area (Å²) in [6.45, 7) is 2.49. The van der Waals surface area contributed by atoms with E-state index in [4.69, 9.17) is 4.74 Å². The van der Waals surface area contributed by atoms with Crippen molar-refractivity contribution in [3.8, 4) is 0 Å². The standard InChI is InChI=1S/C18H23N3O5S/c1-13-6-4-5-11-21(13)16(22)12-26-17(23)9-10-19-18-14-7-2-3-8-15(14)27(24,25)20-18/h2-3,7-8,13H,4-6,9-12H2,1H3,(H,19,20)/t13-/m1/s1. The van der Waals surface area contributed by atoms with Crippen molar-refractivity contribution in [1.29, 1.82) is 0 Å². The van der Waals surface area contributed by atoms with E-state index in [-0.39, 0.29) is 42.3 Å². The molecule has 0 radical (unpaired) electrons. The predicted molar refractivity (Wildman–Crippen MR) is 98.8 cm³/mol. The van der Waals surface area contributed by atoms with E-state index in [0.29, 0.717) is 12.1 Å². The molecule has 3 rings (SSSR count). The van der Waals surface area contributed by atoms with Crippen molar-refractivity contribution in [3.63, 3.8) is 0 Å². The lowest BCUT2D eigenvalue weighted by molar-refractivity contribution is -0.153. The molecular weight excluding hydrogens is 370 g/mol. The molecule has 1 aromatic carbocycles. The number of piperidine rings is 1. The summed E-state index contributed by atoms with van der Waals surface area (Å²) < 4.78 is 31.4. The summed E-state index contributed by atoms with van der Waals surface area (Å²) >= 11 is 0. The second kappa shape index (κ2) is 8.08. The number of likely N-dealkylation sites (tertiary alicyclic amines) is 1. The van der Waals surface area contributed by atoms with E-state index in [9.17, 15) is 18.0 Å². The van der Waals surface area contributed by atoms with E-state index in [1.54, 1.807) is 23.1 Å². The maximum atomic E-state index is 12.1. The SMILES string of the molecule is C[C@@H]1CCCCN1C(=O)COC(=O)CCN=C1NS(=O)(=O)c2ccccc21. The third-order valence-corrected chi connectivity index (χ3v) is 6.13. The van der Waals surface area contributed by atoms with Crippen molar-refractivity contribution in [3.05, 3.63) is 29.8 Å². The monoisotopic (exact) mass is 393 g/mol. The third kappa shape index (κ3) is 4.47. The molecule has 1 fully saturated rings. The number of aliphatic imine (C=N–C) groups is 1. The lowest BCUT2D eigenvalue weighted by atomic mass is 10.0. The van der Waals surface area contributed by atoms with Gasteiger partial charge in [0, 0.05) is 18.2 Å². The van der Waals surface area contributed by atoms with Gasteiger partial charge in [-0.05, 0) is 38.3 Å². The highest BCUT2D eigenvalue weighted by atomic mass is 32.2. The second-order valence-electron chi connectivity index (χ2n) is 6.67. The van der Waals surface area contributed by atoms with Crippen LogP contribution in [0.25, 0.3) is 0 Å². The molecule has 146 valence electrons. The van der Waals surface area contributed by atoms with Crippen LogP contribution in [0, 0.1) is 0 Å². The Morgan fingerprint density at radius 3 is 2.85 bits per heavy atom. The van der Waals surface area contributed by atoms with Gasteiger partial charge in [-0.25, -0.2) is 8.42 Å². The Labute approximate surface area is 158 Å². The number of rotatable bonds is 5. The number of carbonyl (C=O) groups excluding carboxylic acids is 2. The first-order chi connectivity index (χ1) is 12.9. The molecule has 2 aliphatic heterocycles. The second-order valence-corrected chi connectivity index (χ2v) is 8.33. The van der Waals surface area contributed by atoms with Crippen LogP contribution < -0.4 is 4.72 Å². The van der Waals surface area contributed by atoms with Crippen molar-refractivity contribution in [1.82, 2.24) is 9.62 Å². The molecule has 0 aromatic heterocycles. The molecule has 1 amide bonds. The van der Waals surface area contributed by atoms with E-state index < -0.39 is 16.0 Å². The van der Waals surface area contributed by atoms with Crippen molar-refractivity contribution in [2.45, 2.75) is 43.5 Å². The first-order valence-electron chi connectivity index (χ1n) is 9.00. The largest absolute Gasteiger partial charge is 0.456 e. The van der Waals surface area contributed by atoms with E-state index in [2.05, 4.69) is 9.71 Å². The smallest absolute Gasteiger partial charge is 0.308 e. The van der Waals surface area contributed by atoms with Crippen LogP contribution in [0.15, 0.2) is 34.2 Å². The maximum absolute atomic E-state index is 12.1. The number of esters is 1. The van der Waals surface area contributed by atoms with Crippen LogP contribution in [0.4, 0.5) is 0 Å². The quantitative estimate of drug-likeness (QED) is 0.753. The molecule has 9 heteroatoms. The number of benzene rings is 1. The number of hydrogen-bond donors (Lipinski definition) is 1. The fourth-order valence-corrected chi connectivity index (χ4v) is 4.53. The van der Waals surface area contributed by atoms with Gasteiger partial charge in [-0.3, -0.25) is 19.3 Å². The fourth-order valence-electron chi connectivity index (χ4n) is 3.28. The number of sulfonamides is 1. The van der Waals surface area contributed by atoms with Crippen LogP contribution in [0.3, 0.4) is 0 Å². The molecular formula is C18H23N3O5S. The maximum Gasteiger partial charge on any atom is 0.308 e. The summed E-state index contributed by atoms with van der Waals surface area (Å²) in [6, 6.07) is 6.69. The predicted octanol–water partition coefficient (Wildman–Crippen LogP) is 1.06. The molecule has 0 unspecified atom stereocenters. The number of amides is 1. The molecule has 1 saturated heterocycles. The van der Waals surface area contributed by atoms with Crippen LogP contribution >= 0.6 is 0 Å². The van der Waals surface area contributed by atoms with E-state index in [0.717, 1.165) is 19.3 Å². The van der Waals surface area contributed by atoms with Gasteiger partial charge in [0.25, 0.3) is 15.9 Å². The molecule has 8 nitrogen and oxygen atoms in total. The highest BCUT2D eigenvalue weighted by Crippen LogP contribution is 2.22. The zero-order chi connectivity index (χ0) is 19.4. The Morgan fingerprint density at radius 1 is 1.30 bits per heavy atom. The number of fused-ring (bicyclic) bond motifs is 1. The van der Waals surface area contributed by atoms with Crippen molar-refractivity contribution in [2.75, 3.05) is 19.7 Å². The van der Waals surface area contributed by atoms with Crippen LogP contribution in [0.1, 0.15) is 38.2 Å². The molecule has 1 N–H and O–H groups in total. The van der Waals surface area contributed by atoms with Crippen LogP contribution in [0.5, 0.6) is 0 Å². The first-order valence-corrected chi connectivity index (χ1v) is 10.5. The molecule has 0 bridgehead atoms. The summed E-state index contributed by atoms with van der Waals surface area (Å²) in [5.41, 5.74) is 0.486. The zero-order valence-corrected chi connectivity index (χ0v) is 16.0. The van der Waals surface area contributed by atoms with Gasteiger partial charge < -0.3 is 9.64 Å². The van der Waals surface area contributed by atoms with E-state index in [1.165, 1.54) is 6.07 Å². The first kappa shape index (κ1) is 19.3. The minimum Gasteiger partial charge on any atom is -0.456 e. The van der Waals surface area contributed by atoms with Gasteiger partial charge in [-0.1, -0.05) is 12.1 Å². The normalized spacial score (nSPS) is 22.2. The van der Waals surface area contributed by atoms with Crippen LogP contribution in [0.2, 0.25) is 0 Å². The minimum absolute atomic E-state index is 0.0315. The summed E-state index contributed by atoms with van der Waals surface area (Å²) in [4.78, 5) is 30.1. The molecule has 2 heterocycles. The van der Waals surface area contributed by atoms with Gasteiger partial charge in [-0.15, -0.1) is 0 Å². The summed E-state index contributed by atoms with van der Waals surface area (Å²) in [5, 5.41) is 0. The number of amidine groups is 1. The molecule has 0 spiro atoms. The molecule has 27 heavy (non-hydrogen) atoms. The van der Waals surface area contributed by atoms with Gasteiger partial charge in [0.1, 0.15) is 5.84 Å². The highest BCUT2D eigenvalue weighted by molar-refractivity contribution is 7.90. The molecule has 1 atom stereocenters. The van der Waals surface area contributed by atoms with Gasteiger partial charge in [0.15, 0.2) is 6.61 Å². The topological polar surface area (TPSA) is 105 Å². The van der Waals surface area contributed by atoms with Crippen molar-refractivity contribution >= 4 is 27.7 Å². The Bertz CT molecular complexity index is 866. The van der Waals surface area contributed by atoms with Gasteiger partial charge in [0.2, 0.25) is 0 Å².